The van der Waals surface area contributed by atoms with Gasteiger partial charge in [0.15, 0.2) is 11.5 Å². The highest BCUT2D eigenvalue weighted by atomic mass is 32.1. The molecule has 0 saturated carbocycles. The van der Waals surface area contributed by atoms with Crippen LogP contribution in [0, 0.1) is 17.0 Å². The van der Waals surface area contributed by atoms with Gasteiger partial charge in [-0.3, -0.25) is 20.3 Å². The number of rotatable bonds is 8. The number of nitrogens with one attached hydrogen (secondary N) is 1. The van der Waals surface area contributed by atoms with Gasteiger partial charge in [-0.2, -0.15) is 5.10 Å². The van der Waals surface area contributed by atoms with E-state index in [9.17, 15) is 14.9 Å². The van der Waals surface area contributed by atoms with Crippen molar-refractivity contribution in [2.45, 2.75) is 33.8 Å². The molecule has 0 spiro atoms. The first-order valence-corrected chi connectivity index (χ1v) is 8.85. The Kier molecular flexibility index (Phi) is 6.45. The Morgan fingerprint density at radius 2 is 2.15 bits per heavy atom. The second-order valence-electron chi connectivity index (χ2n) is 5.85. The summed E-state index contributed by atoms with van der Waals surface area (Å²) in [5.41, 5.74) is 3.58. The monoisotopic (exact) mass is 392 g/mol. The number of carbonyl (C=O) groups excluding carboxylic acids is 1. The first-order valence-electron chi connectivity index (χ1n) is 8.03. The lowest BCUT2D eigenvalue weighted by Gasteiger charge is -2.14. The number of anilines is 1. The van der Waals surface area contributed by atoms with Crippen LogP contribution in [0.25, 0.3) is 0 Å². The van der Waals surface area contributed by atoms with Crippen LogP contribution in [0.2, 0.25) is 0 Å². The predicted octanol–water partition coefficient (Wildman–Crippen LogP) is 3.80. The van der Waals surface area contributed by atoms with E-state index >= 15 is 0 Å². The van der Waals surface area contributed by atoms with E-state index in [-0.39, 0.29) is 29.1 Å². The van der Waals surface area contributed by atoms with Crippen LogP contribution in [0.15, 0.2) is 17.2 Å². The number of ether oxygens (including phenoxy) is 2. The van der Waals surface area contributed by atoms with Crippen molar-refractivity contribution in [1.82, 2.24) is 4.98 Å². The third-order valence-electron chi connectivity index (χ3n) is 3.32. The Hall–Kier alpha value is -3.01. The van der Waals surface area contributed by atoms with E-state index in [1.54, 1.807) is 26.8 Å². The van der Waals surface area contributed by atoms with Crippen molar-refractivity contribution in [2.24, 2.45) is 5.10 Å². The Balaban J connectivity index is 2.29. The molecular weight excluding hydrogens is 372 g/mol. The molecule has 2 aromatic rings. The molecule has 27 heavy (non-hydrogen) atoms. The van der Waals surface area contributed by atoms with Crippen molar-refractivity contribution in [1.29, 1.82) is 0 Å². The zero-order valence-corrected chi connectivity index (χ0v) is 16.4. The fourth-order valence-electron chi connectivity index (χ4n) is 2.26. The van der Waals surface area contributed by atoms with Crippen LogP contribution < -0.4 is 14.9 Å². The van der Waals surface area contributed by atoms with Gasteiger partial charge in [-0.15, -0.1) is 0 Å². The number of nitro groups is 1. The molecule has 0 unspecified atom stereocenters. The number of thiazole rings is 1. The third-order valence-corrected chi connectivity index (χ3v) is 4.48. The SMILES string of the molecule is COc1cc(/C=N\Nc2nc(C)c(C(C)=O)s2)cc([N+](=O)[O-])c1OC(C)C. The van der Waals surface area contributed by atoms with Crippen LogP contribution >= 0.6 is 11.3 Å². The van der Waals surface area contributed by atoms with Gasteiger partial charge in [0.1, 0.15) is 0 Å². The van der Waals surface area contributed by atoms with Crippen LogP contribution in [-0.4, -0.2) is 35.1 Å². The normalized spacial score (nSPS) is 11.0. The van der Waals surface area contributed by atoms with E-state index in [0.717, 1.165) is 0 Å². The third kappa shape index (κ3) is 5.00. The molecule has 1 aromatic carbocycles. The second kappa shape index (κ2) is 8.58. The molecule has 0 aliphatic carbocycles. The summed E-state index contributed by atoms with van der Waals surface area (Å²) in [6.45, 7) is 6.76. The number of hydrogen-bond donors (Lipinski definition) is 1. The highest BCUT2D eigenvalue weighted by Crippen LogP contribution is 2.38. The summed E-state index contributed by atoms with van der Waals surface area (Å²) in [5.74, 6) is 0.246. The zero-order valence-electron chi connectivity index (χ0n) is 15.6. The summed E-state index contributed by atoms with van der Waals surface area (Å²) in [6.07, 6.45) is 1.15. The van der Waals surface area contributed by atoms with Crippen molar-refractivity contribution in [3.05, 3.63) is 38.4 Å². The quantitative estimate of drug-likeness (QED) is 0.314. The van der Waals surface area contributed by atoms with Crippen molar-refractivity contribution >= 4 is 34.2 Å². The molecule has 0 fully saturated rings. The maximum atomic E-state index is 11.5. The van der Waals surface area contributed by atoms with Crippen LogP contribution in [0.1, 0.15) is 41.7 Å². The number of benzene rings is 1. The Labute approximate surface area is 160 Å². The molecule has 1 N–H and O–H groups in total. The first kappa shape index (κ1) is 20.3. The molecule has 9 nitrogen and oxygen atoms in total. The number of aromatic nitrogens is 1. The number of aryl methyl sites for hydroxylation is 1. The number of hydrazone groups is 1. The van der Waals surface area contributed by atoms with Crippen molar-refractivity contribution in [3.63, 3.8) is 0 Å². The summed E-state index contributed by atoms with van der Waals surface area (Å²) in [7, 11) is 1.41. The summed E-state index contributed by atoms with van der Waals surface area (Å²) in [4.78, 5) is 27.1. The summed E-state index contributed by atoms with van der Waals surface area (Å²) >= 11 is 1.19. The Bertz CT molecular complexity index is 892. The molecule has 0 amide bonds. The van der Waals surface area contributed by atoms with Crippen LogP contribution in [0.3, 0.4) is 0 Å². The molecule has 0 aliphatic rings. The highest BCUT2D eigenvalue weighted by molar-refractivity contribution is 7.17. The maximum absolute atomic E-state index is 11.5. The van der Waals surface area contributed by atoms with E-state index in [2.05, 4.69) is 15.5 Å². The summed E-state index contributed by atoms with van der Waals surface area (Å²) in [5, 5.41) is 15.9. The molecule has 2 rings (SSSR count). The molecule has 1 heterocycles. The molecule has 0 aliphatic heterocycles. The lowest BCUT2D eigenvalue weighted by molar-refractivity contribution is -0.386. The van der Waals surface area contributed by atoms with Crippen molar-refractivity contribution < 1.29 is 19.2 Å². The minimum atomic E-state index is -0.533. The van der Waals surface area contributed by atoms with Gasteiger partial charge in [0.05, 0.1) is 34.9 Å². The number of Topliss-reactive ketones (excluding diaryl/α,β-unsaturated/α-hetero) is 1. The van der Waals surface area contributed by atoms with Crippen LogP contribution in [-0.2, 0) is 0 Å². The smallest absolute Gasteiger partial charge is 0.315 e. The molecule has 10 heteroatoms. The lowest BCUT2D eigenvalue weighted by atomic mass is 10.2. The van der Waals surface area contributed by atoms with Crippen molar-refractivity contribution in [3.8, 4) is 11.5 Å². The fourth-order valence-corrected chi connectivity index (χ4v) is 3.07. The molecule has 144 valence electrons. The first-order chi connectivity index (χ1) is 12.7. The number of ketones is 1. The highest BCUT2D eigenvalue weighted by Gasteiger charge is 2.23. The van der Waals surface area contributed by atoms with Gasteiger partial charge < -0.3 is 9.47 Å². The maximum Gasteiger partial charge on any atom is 0.315 e. The Morgan fingerprint density at radius 3 is 2.67 bits per heavy atom. The second-order valence-corrected chi connectivity index (χ2v) is 6.85. The summed E-state index contributed by atoms with van der Waals surface area (Å²) in [6, 6.07) is 2.93. The van der Waals surface area contributed by atoms with Crippen LogP contribution in [0.4, 0.5) is 10.8 Å². The van der Waals surface area contributed by atoms with Gasteiger partial charge in [0.25, 0.3) is 0 Å². The number of carbonyl (C=O) groups is 1. The molecule has 0 radical (unpaired) electrons. The van der Waals surface area contributed by atoms with Gasteiger partial charge in [-0.25, -0.2) is 4.98 Å². The zero-order chi connectivity index (χ0) is 20.1. The summed E-state index contributed by atoms with van der Waals surface area (Å²) < 4.78 is 10.8. The number of methoxy groups -OCH3 is 1. The van der Waals surface area contributed by atoms with Crippen LogP contribution in [0.5, 0.6) is 11.5 Å². The fraction of sp³-hybridized carbons (Fsp3) is 0.353. The minimum absolute atomic E-state index is 0.0665. The average Bonchev–Trinajstić information content (AvgIpc) is 2.96. The van der Waals surface area contributed by atoms with Crippen molar-refractivity contribution in [2.75, 3.05) is 12.5 Å². The predicted molar refractivity (Wildman–Crippen MR) is 103 cm³/mol. The van der Waals surface area contributed by atoms with Gasteiger partial charge in [-0.1, -0.05) is 11.3 Å². The van der Waals surface area contributed by atoms with E-state index in [1.807, 2.05) is 0 Å². The number of hydrogen-bond acceptors (Lipinski definition) is 9. The van der Waals surface area contributed by atoms with Gasteiger partial charge in [0.2, 0.25) is 10.9 Å². The standard InChI is InChI=1S/C17H20N4O5S/c1-9(2)26-15-13(21(23)24)6-12(7-14(15)25-5)8-18-20-17-19-10(3)16(27-17)11(4)22/h6-9H,1-5H3,(H,19,20)/b18-8-. The van der Waals surface area contributed by atoms with E-state index in [4.69, 9.17) is 9.47 Å². The largest absolute Gasteiger partial charge is 0.493 e. The van der Waals surface area contributed by atoms with Gasteiger partial charge >= 0.3 is 5.69 Å². The van der Waals surface area contributed by atoms with E-state index < -0.39 is 4.92 Å². The minimum Gasteiger partial charge on any atom is -0.493 e. The Morgan fingerprint density at radius 1 is 1.44 bits per heavy atom. The van der Waals surface area contributed by atoms with Gasteiger partial charge in [-0.05, 0) is 26.8 Å². The average molecular weight is 392 g/mol. The molecule has 1 aromatic heterocycles. The molecule has 0 saturated heterocycles. The van der Waals surface area contributed by atoms with E-state index in [0.29, 0.717) is 21.3 Å². The molecule has 0 bridgehead atoms. The molecular formula is C17H20N4O5S. The lowest BCUT2D eigenvalue weighted by Crippen LogP contribution is -2.09. The number of nitrogens with zero attached hydrogens (tertiary/aromatic N) is 3. The topological polar surface area (TPSA) is 116 Å². The molecule has 0 atom stereocenters. The van der Waals surface area contributed by atoms with E-state index in [1.165, 1.54) is 37.7 Å². The van der Waals surface area contributed by atoms with Gasteiger partial charge in [0, 0.05) is 18.6 Å². The number of nitro benzene ring substituents is 1.